The fourth-order valence-corrected chi connectivity index (χ4v) is 4.76. The molecule has 0 bridgehead atoms. The van der Waals surface area contributed by atoms with Crippen LogP contribution in [0.2, 0.25) is 0 Å². The van der Waals surface area contributed by atoms with Crippen LogP contribution < -0.4 is 4.74 Å². The van der Waals surface area contributed by atoms with Gasteiger partial charge in [0, 0.05) is 18.8 Å². The van der Waals surface area contributed by atoms with Crippen LogP contribution in [-0.2, 0) is 10.0 Å². The SMILES string of the molecule is COc1ccc(C2CCCCN2S(=O)(=O)c2ccc(C)cc2)cn1. The molecule has 1 aromatic heterocycles. The molecule has 128 valence electrons. The Hall–Kier alpha value is -1.92. The number of aromatic nitrogens is 1. The van der Waals surface area contributed by atoms with E-state index >= 15 is 0 Å². The molecule has 0 radical (unpaired) electrons. The molecule has 1 aromatic carbocycles. The zero-order chi connectivity index (χ0) is 17.2. The van der Waals surface area contributed by atoms with Gasteiger partial charge in [0.05, 0.1) is 18.0 Å². The highest BCUT2D eigenvalue weighted by molar-refractivity contribution is 7.89. The molecular formula is C18H22N2O3S. The van der Waals surface area contributed by atoms with Crippen LogP contribution in [0, 0.1) is 6.92 Å². The summed E-state index contributed by atoms with van der Waals surface area (Å²) in [5.74, 6) is 0.530. The zero-order valence-electron chi connectivity index (χ0n) is 14.0. The van der Waals surface area contributed by atoms with Gasteiger partial charge in [0.25, 0.3) is 0 Å². The maximum absolute atomic E-state index is 13.1. The Morgan fingerprint density at radius 3 is 2.50 bits per heavy atom. The highest BCUT2D eigenvalue weighted by Gasteiger charge is 2.34. The Balaban J connectivity index is 1.95. The maximum atomic E-state index is 13.1. The summed E-state index contributed by atoms with van der Waals surface area (Å²) in [6, 6.07) is 10.5. The lowest BCUT2D eigenvalue weighted by Crippen LogP contribution is -2.38. The molecule has 1 aliphatic heterocycles. The van der Waals surface area contributed by atoms with E-state index in [0.717, 1.165) is 30.4 Å². The Bertz CT molecular complexity index is 786. The molecule has 2 heterocycles. The van der Waals surface area contributed by atoms with Gasteiger partial charge in [0.2, 0.25) is 15.9 Å². The highest BCUT2D eigenvalue weighted by Crippen LogP contribution is 2.35. The summed E-state index contributed by atoms with van der Waals surface area (Å²) in [4.78, 5) is 4.58. The van der Waals surface area contributed by atoms with E-state index in [0.29, 0.717) is 17.3 Å². The van der Waals surface area contributed by atoms with Crippen molar-refractivity contribution in [3.05, 3.63) is 53.7 Å². The molecule has 2 aromatic rings. The second kappa shape index (κ2) is 6.91. The quantitative estimate of drug-likeness (QED) is 0.852. The average molecular weight is 346 g/mol. The van der Waals surface area contributed by atoms with Crippen LogP contribution in [0.15, 0.2) is 47.5 Å². The number of pyridine rings is 1. The van der Waals surface area contributed by atoms with Crippen molar-refractivity contribution in [3.63, 3.8) is 0 Å². The number of piperidine rings is 1. The normalized spacial score (nSPS) is 19.2. The number of aryl methyl sites for hydroxylation is 1. The fraction of sp³-hybridized carbons (Fsp3) is 0.389. The number of hydrogen-bond donors (Lipinski definition) is 0. The number of hydrogen-bond acceptors (Lipinski definition) is 4. The number of benzene rings is 1. The van der Waals surface area contributed by atoms with Gasteiger partial charge in [-0.1, -0.05) is 30.2 Å². The van der Waals surface area contributed by atoms with E-state index in [1.807, 2.05) is 25.1 Å². The molecule has 1 fully saturated rings. The standard InChI is InChI=1S/C18H22N2O3S/c1-14-6-9-16(10-7-14)24(21,22)20-12-4-3-5-17(20)15-8-11-18(23-2)19-13-15/h6-11,13,17H,3-5,12H2,1-2H3. The van der Waals surface area contributed by atoms with E-state index in [1.54, 1.807) is 35.8 Å². The van der Waals surface area contributed by atoms with Crippen LogP contribution in [0.3, 0.4) is 0 Å². The Morgan fingerprint density at radius 2 is 1.88 bits per heavy atom. The third-order valence-electron chi connectivity index (χ3n) is 4.43. The highest BCUT2D eigenvalue weighted by atomic mass is 32.2. The number of nitrogens with zero attached hydrogens (tertiary/aromatic N) is 2. The van der Waals surface area contributed by atoms with Gasteiger partial charge < -0.3 is 4.74 Å². The van der Waals surface area contributed by atoms with Gasteiger partial charge in [-0.05, 0) is 37.5 Å². The molecular weight excluding hydrogens is 324 g/mol. The maximum Gasteiger partial charge on any atom is 0.243 e. The summed E-state index contributed by atoms with van der Waals surface area (Å²) in [6.07, 6.45) is 4.41. The minimum absolute atomic E-state index is 0.177. The van der Waals surface area contributed by atoms with Crippen molar-refractivity contribution in [1.29, 1.82) is 0 Å². The van der Waals surface area contributed by atoms with Crippen molar-refractivity contribution >= 4 is 10.0 Å². The van der Waals surface area contributed by atoms with E-state index in [-0.39, 0.29) is 6.04 Å². The van der Waals surface area contributed by atoms with Gasteiger partial charge in [-0.25, -0.2) is 13.4 Å². The van der Waals surface area contributed by atoms with Gasteiger partial charge in [0.1, 0.15) is 0 Å². The molecule has 1 unspecified atom stereocenters. The molecule has 0 aliphatic carbocycles. The van der Waals surface area contributed by atoms with Crippen LogP contribution in [0.1, 0.15) is 36.4 Å². The van der Waals surface area contributed by atoms with Crippen molar-refractivity contribution in [1.82, 2.24) is 9.29 Å². The smallest absolute Gasteiger partial charge is 0.243 e. The molecule has 1 saturated heterocycles. The first-order valence-corrected chi connectivity index (χ1v) is 9.55. The largest absolute Gasteiger partial charge is 0.481 e. The van der Waals surface area contributed by atoms with Crippen molar-refractivity contribution in [2.75, 3.05) is 13.7 Å². The lowest BCUT2D eigenvalue weighted by atomic mass is 9.99. The van der Waals surface area contributed by atoms with Crippen LogP contribution in [0.4, 0.5) is 0 Å². The lowest BCUT2D eigenvalue weighted by Gasteiger charge is -2.34. The predicted molar refractivity (Wildman–Crippen MR) is 92.5 cm³/mol. The predicted octanol–water partition coefficient (Wildman–Crippen LogP) is 3.31. The van der Waals surface area contributed by atoms with Crippen molar-refractivity contribution in [3.8, 4) is 5.88 Å². The van der Waals surface area contributed by atoms with E-state index in [4.69, 9.17) is 4.74 Å². The molecule has 0 N–H and O–H groups in total. The second-order valence-corrected chi connectivity index (χ2v) is 7.96. The molecule has 3 rings (SSSR count). The average Bonchev–Trinajstić information content (AvgIpc) is 2.62. The van der Waals surface area contributed by atoms with Crippen LogP contribution in [0.5, 0.6) is 5.88 Å². The van der Waals surface area contributed by atoms with E-state index in [9.17, 15) is 8.42 Å². The minimum atomic E-state index is -3.52. The Kier molecular flexibility index (Phi) is 4.87. The monoisotopic (exact) mass is 346 g/mol. The topological polar surface area (TPSA) is 59.5 Å². The van der Waals surface area contributed by atoms with Gasteiger partial charge in [-0.3, -0.25) is 0 Å². The van der Waals surface area contributed by atoms with Crippen LogP contribution >= 0.6 is 0 Å². The fourth-order valence-electron chi connectivity index (χ4n) is 3.08. The van der Waals surface area contributed by atoms with Crippen LogP contribution in [-0.4, -0.2) is 31.4 Å². The summed E-state index contributed by atoms with van der Waals surface area (Å²) >= 11 is 0. The first-order valence-electron chi connectivity index (χ1n) is 8.11. The summed E-state index contributed by atoms with van der Waals surface area (Å²) in [6.45, 7) is 2.48. The lowest BCUT2D eigenvalue weighted by molar-refractivity contribution is 0.255. The third kappa shape index (κ3) is 3.30. The minimum Gasteiger partial charge on any atom is -0.481 e. The Labute approximate surface area is 143 Å². The van der Waals surface area contributed by atoms with Crippen molar-refractivity contribution < 1.29 is 13.2 Å². The third-order valence-corrected chi connectivity index (χ3v) is 6.36. The first-order chi connectivity index (χ1) is 11.5. The number of methoxy groups -OCH3 is 1. The zero-order valence-corrected chi connectivity index (χ0v) is 14.8. The van der Waals surface area contributed by atoms with Gasteiger partial charge in [-0.2, -0.15) is 4.31 Å². The van der Waals surface area contributed by atoms with E-state index < -0.39 is 10.0 Å². The van der Waals surface area contributed by atoms with Gasteiger partial charge >= 0.3 is 0 Å². The summed E-state index contributed by atoms with van der Waals surface area (Å²) < 4.78 is 32.9. The summed E-state index contributed by atoms with van der Waals surface area (Å²) in [5.41, 5.74) is 1.95. The molecule has 0 amide bonds. The molecule has 1 aliphatic rings. The van der Waals surface area contributed by atoms with Gasteiger partial charge in [0.15, 0.2) is 0 Å². The molecule has 6 heteroatoms. The number of rotatable bonds is 4. The summed E-state index contributed by atoms with van der Waals surface area (Å²) in [7, 11) is -1.95. The molecule has 0 spiro atoms. The number of ether oxygens (including phenoxy) is 1. The van der Waals surface area contributed by atoms with E-state index in [2.05, 4.69) is 4.98 Å². The first kappa shape index (κ1) is 16.9. The molecule has 0 saturated carbocycles. The Morgan fingerprint density at radius 1 is 1.12 bits per heavy atom. The number of sulfonamides is 1. The van der Waals surface area contributed by atoms with Crippen molar-refractivity contribution in [2.24, 2.45) is 0 Å². The molecule has 24 heavy (non-hydrogen) atoms. The molecule has 5 nitrogen and oxygen atoms in total. The van der Waals surface area contributed by atoms with E-state index in [1.165, 1.54) is 0 Å². The van der Waals surface area contributed by atoms with Crippen molar-refractivity contribution in [2.45, 2.75) is 37.1 Å². The second-order valence-electron chi connectivity index (χ2n) is 6.07. The van der Waals surface area contributed by atoms with Crippen LogP contribution in [0.25, 0.3) is 0 Å². The van der Waals surface area contributed by atoms with Gasteiger partial charge in [-0.15, -0.1) is 0 Å². The summed E-state index contributed by atoms with van der Waals surface area (Å²) in [5, 5.41) is 0. The molecule has 1 atom stereocenters.